The maximum absolute atomic E-state index is 4.34. The van der Waals surface area contributed by atoms with Crippen LogP contribution in [0.15, 0.2) is 5.10 Å². The lowest BCUT2D eigenvalue weighted by Gasteiger charge is -2.13. The fraction of sp³-hybridized carbons (Fsp3) is 0.889. The average molecular weight is 186 g/mol. The van der Waals surface area contributed by atoms with Gasteiger partial charge in [-0.2, -0.15) is 5.10 Å². The molecule has 0 bridgehead atoms. The molecule has 0 aromatic rings. The van der Waals surface area contributed by atoms with Crippen molar-refractivity contribution < 1.29 is 0 Å². The van der Waals surface area contributed by atoms with Crippen molar-refractivity contribution >= 4 is 16.8 Å². The summed E-state index contributed by atoms with van der Waals surface area (Å²) in [5, 5.41) is 6.11. The number of nitrogens with zero attached hydrogens (tertiary/aromatic N) is 1. The molecule has 1 N–H and O–H groups in total. The highest BCUT2D eigenvalue weighted by atomic mass is 32.2. The molecule has 0 amide bonds. The average Bonchev–Trinajstić information content (AvgIpc) is 2.51. The lowest BCUT2D eigenvalue weighted by atomic mass is 10.1. The maximum Gasteiger partial charge on any atom is 0.0980 e. The molecule has 0 saturated heterocycles. The molecule has 12 heavy (non-hydrogen) atoms. The molecule has 1 aliphatic rings. The van der Waals surface area contributed by atoms with E-state index in [9.17, 15) is 0 Å². The van der Waals surface area contributed by atoms with Crippen LogP contribution in [0.2, 0.25) is 0 Å². The third-order valence-corrected chi connectivity index (χ3v) is 3.83. The largest absolute Gasteiger partial charge is 0.296 e. The van der Waals surface area contributed by atoms with E-state index < -0.39 is 0 Å². The summed E-state index contributed by atoms with van der Waals surface area (Å²) < 4.78 is 0. The van der Waals surface area contributed by atoms with Crippen LogP contribution in [0.5, 0.6) is 0 Å². The molecular formula is C9H18N2S. The minimum Gasteiger partial charge on any atom is -0.296 e. The summed E-state index contributed by atoms with van der Waals surface area (Å²) in [6.07, 6.45) is 1.18. The van der Waals surface area contributed by atoms with Crippen LogP contribution in [0, 0.1) is 11.8 Å². The fourth-order valence-corrected chi connectivity index (χ4v) is 2.14. The standard InChI is InChI=1S/C9H18N2S/c1-5-7(4)9-11-10-8(12-9)6(2)3/h6-8,10H,5H2,1-4H3. The quantitative estimate of drug-likeness (QED) is 0.733. The van der Waals surface area contributed by atoms with Crippen molar-refractivity contribution in [2.24, 2.45) is 16.9 Å². The summed E-state index contributed by atoms with van der Waals surface area (Å²) in [5.74, 6) is 1.27. The van der Waals surface area contributed by atoms with Gasteiger partial charge in [-0.3, -0.25) is 5.43 Å². The molecule has 0 aromatic carbocycles. The Bertz CT molecular complexity index is 177. The van der Waals surface area contributed by atoms with Crippen molar-refractivity contribution in [1.82, 2.24) is 5.43 Å². The van der Waals surface area contributed by atoms with Gasteiger partial charge in [-0.05, 0) is 12.3 Å². The van der Waals surface area contributed by atoms with Gasteiger partial charge < -0.3 is 0 Å². The Balaban J connectivity index is 2.43. The van der Waals surface area contributed by atoms with Crippen LogP contribution in [-0.4, -0.2) is 10.4 Å². The monoisotopic (exact) mass is 186 g/mol. The minimum absolute atomic E-state index is 0.494. The third-order valence-electron chi connectivity index (χ3n) is 2.19. The Kier molecular flexibility index (Phi) is 3.44. The van der Waals surface area contributed by atoms with E-state index in [-0.39, 0.29) is 0 Å². The van der Waals surface area contributed by atoms with Gasteiger partial charge >= 0.3 is 0 Å². The van der Waals surface area contributed by atoms with Gasteiger partial charge in [0.15, 0.2) is 0 Å². The Hall–Kier alpha value is -0.180. The summed E-state index contributed by atoms with van der Waals surface area (Å²) in [4.78, 5) is 0. The highest BCUT2D eigenvalue weighted by molar-refractivity contribution is 8.14. The number of rotatable bonds is 3. The van der Waals surface area contributed by atoms with E-state index in [0.717, 1.165) is 0 Å². The van der Waals surface area contributed by atoms with Gasteiger partial charge in [0.05, 0.1) is 10.4 Å². The van der Waals surface area contributed by atoms with Gasteiger partial charge in [-0.15, -0.1) is 0 Å². The van der Waals surface area contributed by atoms with Crippen LogP contribution in [0.1, 0.15) is 34.1 Å². The van der Waals surface area contributed by atoms with E-state index >= 15 is 0 Å². The highest BCUT2D eigenvalue weighted by Crippen LogP contribution is 2.28. The number of hydrogen-bond donors (Lipinski definition) is 1. The van der Waals surface area contributed by atoms with Crippen molar-refractivity contribution in [2.45, 2.75) is 39.5 Å². The topological polar surface area (TPSA) is 24.4 Å². The van der Waals surface area contributed by atoms with Crippen molar-refractivity contribution in [1.29, 1.82) is 0 Å². The molecule has 1 rings (SSSR count). The Morgan fingerprint density at radius 2 is 2.17 bits per heavy atom. The molecule has 1 aliphatic heterocycles. The number of hydrazone groups is 1. The van der Waals surface area contributed by atoms with E-state index in [1.165, 1.54) is 11.5 Å². The normalized spacial score (nSPS) is 25.4. The van der Waals surface area contributed by atoms with Crippen molar-refractivity contribution in [2.75, 3.05) is 0 Å². The van der Waals surface area contributed by atoms with Crippen LogP contribution < -0.4 is 5.43 Å². The smallest absolute Gasteiger partial charge is 0.0980 e. The first-order valence-corrected chi connectivity index (χ1v) is 5.52. The first-order valence-electron chi connectivity index (χ1n) is 4.65. The molecule has 2 atom stereocenters. The number of nitrogens with one attached hydrogen (secondary N) is 1. The van der Waals surface area contributed by atoms with Gasteiger partial charge in [-0.1, -0.05) is 39.5 Å². The molecule has 2 unspecified atom stereocenters. The molecule has 3 heteroatoms. The molecule has 0 saturated carbocycles. The molecule has 0 radical (unpaired) electrons. The van der Waals surface area contributed by atoms with Crippen LogP contribution >= 0.6 is 11.8 Å². The Morgan fingerprint density at radius 1 is 1.50 bits per heavy atom. The van der Waals surface area contributed by atoms with Gasteiger partial charge in [0, 0.05) is 5.92 Å². The van der Waals surface area contributed by atoms with Crippen molar-refractivity contribution in [3.05, 3.63) is 0 Å². The van der Waals surface area contributed by atoms with E-state index in [1.54, 1.807) is 0 Å². The summed E-state index contributed by atoms with van der Waals surface area (Å²) in [5.41, 5.74) is 3.17. The number of thioether (sulfide) groups is 1. The van der Waals surface area contributed by atoms with Gasteiger partial charge in [0.25, 0.3) is 0 Å². The van der Waals surface area contributed by atoms with Gasteiger partial charge in [0.2, 0.25) is 0 Å². The zero-order valence-electron chi connectivity index (χ0n) is 8.29. The summed E-state index contributed by atoms with van der Waals surface area (Å²) in [7, 11) is 0. The fourth-order valence-electron chi connectivity index (χ4n) is 0.996. The maximum atomic E-state index is 4.34. The predicted molar refractivity (Wildman–Crippen MR) is 56.2 cm³/mol. The van der Waals surface area contributed by atoms with E-state index in [1.807, 2.05) is 11.8 Å². The summed E-state index contributed by atoms with van der Waals surface area (Å²) >= 11 is 1.89. The lowest BCUT2D eigenvalue weighted by Crippen LogP contribution is -2.21. The van der Waals surface area contributed by atoms with Crippen LogP contribution in [0.4, 0.5) is 0 Å². The number of hydrogen-bond acceptors (Lipinski definition) is 3. The molecule has 0 aromatic heterocycles. The molecule has 1 heterocycles. The highest BCUT2D eigenvalue weighted by Gasteiger charge is 2.24. The molecule has 0 spiro atoms. The molecule has 70 valence electrons. The first kappa shape index (κ1) is 9.90. The van der Waals surface area contributed by atoms with Crippen LogP contribution in [0.3, 0.4) is 0 Å². The second-order valence-corrected chi connectivity index (χ2v) is 4.83. The Morgan fingerprint density at radius 3 is 2.58 bits per heavy atom. The van der Waals surface area contributed by atoms with Crippen LogP contribution in [-0.2, 0) is 0 Å². The van der Waals surface area contributed by atoms with E-state index in [2.05, 4.69) is 38.2 Å². The SMILES string of the molecule is CCC(C)C1=NNC(C(C)C)S1. The predicted octanol–water partition coefficient (Wildman–Crippen LogP) is 2.66. The molecule has 0 aliphatic carbocycles. The van der Waals surface area contributed by atoms with Gasteiger partial charge in [0.1, 0.15) is 0 Å². The second-order valence-electron chi connectivity index (χ2n) is 3.67. The molecule has 2 nitrogen and oxygen atoms in total. The van der Waals surface area contributed by atoms with Gasteiger partial charge in [-0.25, -0.2) is 0 Å². The van der Waals surface area contributed by atoms with Crippen molar-refractivity contribution in [3.63, 3.8) is 0 Å². The first-order chi connectivity index (χ1) is 5.65. The summed E-state index contributed by atoms with van der Waals surface area (Å²) in [6.45, 7) is 8.88. The molecule has 0 fully saturated rings. The lowest BCUT2D eigenvalue weighted by molar-refractivity contribution is 0.537. The Labute approximate surface area is 79.2 Å². The van der Waals surface area contributed by atoms with Crippen LogP contribution in [0.25, 0.3) is 0 Å². The molecular weight excluding hydrogens is 168 g/mol. The third kappa shape index (κ3) is 2.16. The van der Waals surface area contributed by atoms with E-state index in [4.69, 9.17) is 0 Å². The van der Waals surface area contributed by atoms with Crippen molar-refractivity contribution in [3.8, 4) is 0 Å². The zero-order chi connectivity index (χ0) is 9.14. The summed E-state index contributed by atoms with van der Waals surface area (Å²) in [6, 6.07) is 0. The second kappa shape index (κ2) is 4.17. The minimum atomic E-state index is 0.494. The zero-order valence-corrected chi connectivity index (χ0v) is 9.11. The van der Waals surface area contributed by atoms with E-state index in [0.29, 0.717) is 17.2 Å².